The monoisotopic (exact) mass is 414 g/mol. The molecule has 3 aromatic heterocycles. The maximum Gasteiger partial charge on any atom is 0.433 e. The molecule has 12 heteroatoms. The predicted octanol–water partition coefficient (Wildman–Crippen LogP) is 2.85. The SMILES string of the molecule is O=C(Nc1ccc(-n2cnnn2)cc1)c1cc2nc(C3CC3)cc(C(F)(F)F)n2n1. The zero-order valence-corrected chi connectivity index (χ0v) is 15.2. The van der Waals surface area contributed by atoms with Crippen molar-refractivity contribution < 1.29 is 18.0 Å². The average molecular weight is 414 g/mol. The summed E-state index contributed by atoms with van der Waals surface area (Å²) in [5.41, 5.74) is 0.379. The number of carbonyl (C=O) groups excluding carboxylic acids is 1. The number of nitrogens with one attached hydrogen (secondary N) is 1. The molecule has 0 unspecified atom stereocenters. The molecule has 0 bridgehead atoms. The second kappa shape index (κ2) is 6.61. The standard InChI is InChI=1S/C18H13F3N8O/c19-18(20,21)15-7-13(10-1-2-10)24-16-8-14(25-29(15)16)17(30)23-11-3-5-12(6-4-11)28-9-22-26-27-28/h3-10H,1-2H2,(H,23,30). The largest absolute Gasteiger partial charge is 0.433 e. The van der Waals surface area contributed by atoms with E-state index in [1.54, 1.807) is 24.3 Å². The topological polar surface area (TPSA) is 103 Å². The number of alkyl halides is 3. The minimum absolute atomic E-state index is 0.00842. The third-order valence-electron chi connectivity index (χ3n) is 4.70. The Labute approximate surface area is 166 Å². The highest BCUT2D eigenvalue weighted by atomic mass is 19.4. The fourth-order valence-corrected chi connectivity index (χ4v) is 3.07. The number of benzene rings is 1. The first-order chi connectivity index (χ1) is 14.4. The summed E-state index contributed by atoms with van der Waals surface area (Å²) in [5, 5.41) is 17.3. The van der Waals surface area contributed by atoms with Gasteiger partial charge in [-0.15, -0.1) is 5.10 Å². The first kappa shape index (κ1) is 18.2. The number of amides is 1. The molecule has 0 saturated heterocycles. The molecule has 30 heavy (non-hydrogen) atoms. The summed E-state index contributed by atoms with van der Waals surface area (Å²) in [4.78, 5) is 16.8. The molecule has 1 aromatic carbocycles. The zero-order chi connectivity index (χ0) is 20.9. The minimum Gasteiger partial charge on any atom is -0.321 e. The van der Waals surface area contributed by atoms with Crippen LogP contribution in [0.25, 0.3) is 11.3 Å². The van der Waals surface area contributed by atoms with Crippen molar-refractivity contribution >= 4 is 17.2 Å². The first-order valence-electron chi connectivity index (χ1n) is 9.01. The van der Waals surface area contributed by atoms with E-state index in [1.165, 1.54) is 17.1 Å². The highest BCUT2D eigenvalue weighted by Gasteiger charge is 2.37. The van der Waals surface area contributed by atoms with Crippen LogP contribution in [-0.2, 0) is 6.18 Å². The quantitative estimate of drug-likeness (QED) is 0.551. The molecule has 1 saturated carbocycles. The summed E-state index contributed by atoms with van der Waals surface area (Å²) in [5.74, 6) is -0.612. The molecule has 1 N–H and O–H groups in total. The number of nitrogens with zero attached hydrogens (tertiary/aromatic N) is 7. The van der Waals surface area contributed by atoms with Gasteiger partial charge in [0.25, 0.3) is 5.91 Å². The van der Waals surface area contributed by atoms with E-state index >= 15 is 0 Å². The van der Waals surface area contributed by atoms with Crippen LogP contribution in [0.2, 0.25) is 0 Å². The smallest absolute Gasteiger partial charge is 0.321 e. The van der Waals surface area contributed by atoms with Crippen LogP contribution in [0.3, 0.4) is 0 Å². The van der Waals surface area contributed by atoms with Crippen molar-refractivity contribution in [2.24, 2.45) is 0 Å². The molecule has 1 aliphatic carbocycles. The highest BCUT2D eigenvalue weighted by Crippen LogP contribution is 2.41. The highest BCUT2D eigenvalue weighted by molar-refractivity contribution is 6.03. The van der Waals surface area contributed by atoms with E-state index in [0.717, 1.165) is 18.9 Å². The van der Waals surface area contributed by atoms with Gasteiger partial charge in [0, 0.05) is 23.4 Å². The Balaban J connectivity index is 1.43. The summed E-state index contributed by atoms with van der Waals surface area (Å²) in [6.45, 7) is 0. The maximum absolute atomic E-state index is 13.5. The number of rotatable bonds is 4. The van der Waals surface area contributed by atoms with Crippen LogP contribution in [0.1, 0.15) is 40.6 Å². The van der Waals surface area contributed by atoms with Crippen molar-refractivity contribution in [3.63, 3.8) is 0 Å². The van der Waals surface area contributed by atoms with Gasteiger partial charge in [0.05, 0.1) is 5.69 Å². The molecule has 3 heterocycles. The van der Waals surface area contributed by atoms with E-state index in [-0.39, 0.29) is 17.3 Å². The number of tetrazole rings is 1. The summed E-state index contributed by atoms with van der Waals surface area (Å²) >= 11 is 0. The lowest BCUT2D eigenvalue weighted by Gasteiger charge is -2.10. The second-order valence-corrected chi connectivity index (χ2v) is 6.89. The van der Waals surface area contributed by atoms with Gasteiger partial charge in [0.1, 0.15) is 12.0 Å². The third kappa shape index (κ3) is 3.36. The van der Waals surface area contributed by atoms with Crippen molar-refractivity contribution in [2.45, 2.75) is 24.9 Å². The molecule has 9 nitrogen and oxygen atoms in total. The molecule has 1 aliphatic rings. The fraction of sp³-hybridized carbons (Fsp3) is 0.222. The van der Waals surface area contributed by atoms with E-state index in [9.17, 15) is 18.0 Å². The van der Waals surface area contributed by atoms with Gasteiger partial charge in [-0.2, -0.15) is 18.3 Å². The fourth-order valence-electron chi connectivity index (χ4n) is 3.07. The lowest BCUT2D eigenvalue weighted by Crippen LogP contribution is -2.16. The van der Waals surface area contributed by atoms with E-state index in [2.05, 4.69) is 30.9 Å². The van der Waals surface area contributed by atoms with Gasteiger partial charge < -0.3 is 5.32 Å². The molecule has 0 radical (unpaired) electrons. The summed E-state index contributed by atoms with van der Waals surface area (Å²) in [6.07, 6.45) is -1.58. The number of hydrogen-bond donors (Lipinski definition) is 1. The van der Waals surface area contributed by atoms with Crippen LogP contribution in [0.5, 0.6) is 0 Å². The van der Waals surface area contributed by atoms with Gasteiger partial charge in [0.2, 0.25) is 0 Å². The summed E-state index contributed by atoms with van der Waals surface area (Å²) in [7, 11) is 0. The van der Waals surface area contributed by atoms with Crippen molar-refractivity contribution in [3.8, 4) is 5.69 Å². The molecular formula is C18H13F3N8O. The Hall–Kier alpha value is -3.83. The van der Waals surface area contributed by atoms with Crippen LogP contribution in [0.4, 0.5) is 18.9 Å². The van der Waals surface area contributed by atoms with Gasteiger partial charge in [-0.25, -0.2) is 14.2 Å². The lowest BCUT2D eigenvalue weighted by molar-refractivity contribution is -0.142. The van der Waals surface area contributed by atoms with Crippen LogP contribution in [0, 0.1) is 0 Å². The van der Waals surface area contributed by atoms with E-state index in [0.29, 0.717) is 21.6 Å². The minimum atomic E-state index is -4.61. The van der Waals surface area contributed by atoms with Gasteiger partial charge in [0.15, 0.2) is 11.3 Å². The van der Waals surface area contributed by atoms with Crippen molar-refractivity contribution in [1.29, 1.82) is 0 Å². The molecule has 0 aliphatic heterocycles. The number of carbonyl (C=O) groups is 1. The molecular weight excluding hydrogens is 401 g/mol. The molecule has 1 amide bonds. The number of anilines is 1. The summed E-state index contributed by atoms with van der Waals surface area (Å²) < 4.78 is 42.6. The molecule has 152 valence electrons. The van der Waals surface area contributed by atoms with Gasteiger partial charge in [-0.3, -0.25) is 4.79 Å². The van der Waals surface area contributed by atoms with Crippen LogP contribution >= 0.6 is 0 Å². The normalized spacial score (nSPS) is 14.2. The van der Waals surface area contributed by atoms with Crippen molar-refractivity contribution in [1.82, 2.24) is 34.8 Å². The van der Waals surface area contributed by atoms with E-state index < -0.39 is 17.8 Å². The van der Waals surface area contributed by atoms with Crippen LogP contribution in [-0.4, -0.2) is 40.7 Å². The Bertz CT molecular complexity index is 1230. The molecule has 0 spiro atoms. The Kier molecular flexibility index (Phi) is 4.01. The Morgan fingerprint density at radius 1 is 1.13 bits per heavy atom. The maximum atomic E-state index is 13.5. The number of halogens is 3. The second-order valence-electron chi connectivity index (χ2n) is 6.89. The van der Waals surface area contributed by atoms with Crippen molar-refractivity contribution in [2.75, 3.05) is 5.32 Å². The Morgan fingerprint density at radius 2 is 1.90 bits per heavy atom. The third-order valence-corrected chi connectivity index (χ3v) is 4.70. The number of hydrogen-bond acceptors (Lipinski definition) is 6. The molecule has 4 aromatic rings. The van der Waals surface area contributed by atoms with Gasteiger partial charge in [-0.1, -0.05) is 0 Å². The number of aromatic nitrogens is 7. The lowest BCUT2D eigenvalue weighted by atomic mass is 10.2. The van der Waals surface area contributed by atoms with Crippen LogP contribution < -0.4 is 5.32 Å². The van der Waals surface area contributed by atoms with Crippen molar-refractivity contribution in [3.05, 3.63) is 59.8 Å². The zero-order valence-electron chi connectivity index (χ0n) is 15.2. The van der Waals surface area contributed by atoms with E-state index in [4.69, 9.17) is 0 Å². The molecule has 1 fully saturated rings. The predicted molar refractivity (Wildman–Crippen MR) is 97.1 cm³/mol. The van der Waals surface area contributed by atoms with E-state index in [1.807, 2.05) is 0 Å². The molecule has 5 rings (SSSR count). The summed E-state index contributed by atoms with van der Waals surface area (Å²) in [6, 6.07) is 8.87. The Morgan fingerprint density at radius 3 is 2.53 bits per heavy atom. The van der Waals surface area contributed by atoms with Gasteiger partial charge >= 0.3 is 6.18 Å². The average Bonchev–Trinajstić information content (AvgIpc) is 3.24. The first-order valence-corrected chi connectivity index (χ1v) is 9.01. The van der Waals surface area contributed by atoms with Gasteiger partial charge in [-0.05, 0) is 53.6 Å². The molecule has 0 atom stereocenters. The number of fused-ring (bicyclic) bond motifs is 1. The van der Waals surface area contributed by atoms with Crippen LogP contribution in [0.15, 0.2) is 42.7 Å².